The second kappa shape index (κ2) is 12.3. The summed E-state index contributed by atoms with van der Waals surface area (Å²) in [6.45, 7) is 2.08. The molecule has 1 aliphatic rings. The van der Waals surface area contributed by atoms with Crippen LogP contribution in [0.25, 0.3) is 78.7 Å². The zero-order valence-electron chi connectivity index (χ0n) is 26.0. The summed E-state index contributed by atoms with van der Waals surface area (Å²) in [5, 5.41) is 0. The summed E-state index contributed by atoms with van der Waals surface area (Å²) in [6.07, 6.45) is 6.25. The number of benzene rings is 4. The molecule has 8 rings (SSSR count). The lowest BCUT2D eigenvalue weighted by Gasteiger charge is -2.06. The maximum Gasteiger partial charge on any atom is 0.0737 e. The Morgan fingerprint density at radius 1 is 0.404 bits per heavy atom. The van der Waals surface area contributed by atoms with E-state index in [9.17, 15) is 0 Å². The Bertz CT molecular complexity index is 2390. The van der Waals surface area contributed by atoms with Gasteiger partial charge in [-0.25, -0.2) is 4.98 Å². The number of aromatic amines is 2. The van der Waals surface area contributed by atoms with E-state index in [1.807, 2.05) is 30.5 Å². The number of aromatic nitrogens is 4. The molecular formula is C43H32N4. The Morgan fingerprint density at radius 3 is 1.28 bits per heavy atom. The lowest BCUT2D eigenvalue weighted by molar-refractivity contribution is 1.22. The molecule has 0 atom stereocenters. The van der Waals surface area contributed by atoms with E-state index in [0.717, 1.165) is 83.7 Å². The minimum absolute atomic E-state index is 0.905. The van der Waals surface area contributed by atoms with Crippen molar-refractivity contribution in [3.8, 4) is 44.5 Å². The van der Waals surface area contributed by atoms with Crippen LogP contribution in [0.2, 0.25) is 0 Å². The van der Waals surface area contributed by atoms with Gasteiger partial charge in [0.15, 0.2) is 0 Å². The van der Waals surface area contributed by atoms with Crippen LogP contribution in [0, 0.1) is 6.92 Å². The molecule has 4 aromatic carbocycles. The molecule has 0 aliphatic carbocycles. The molecule has 0 radical (unpaired) electrons. The molecule has 47 heavy (non-hydrogen) atoms. The van der Waals surface area contributed by atoms with E-state index in [1.165, 1.54) is 0 Å². The van der Waals surface area contributed by atoms with Gasteiger partial charge in [0.25, 0.3) is 0 Å². The highest BCUT2D eigenvalue weighted by molar-refractivity contribution is 5.96. The maximum atomic E-state index is 5.33. The van der Waals surface area contributed by atoms with Crippen LogP contribution in [0.5, 0.6) is 0 Å². The average Bonchev–Trinajstić information content (AvgIpc) is 3.91. The summed E-state index contributed by atoms with van der Waals surface area (Å²) in [4.78, 5) is 18.0. The largest absolute Gasteiger partial charge is 0.354 e. The summed E-state index contributed by atoms with van der Waals surface area (Å²) in [5.41, 5.74) is 15.2. The average molecular weight is 605 g/mol. The summed E-state index contributed by atoms with van der Waals surface area (Å²) in [5.74, 6) is 0. The highest BCUT2D eigenvalue weighted by Crippen LogP contribution is 2.36. The van der Waals surface area contributed by atoms with Crippen molar-refractivity contribution in [2.45, 2.75) is 6.92 Å². The Morgan fingerprint density at radius 2 is 0.787 bits per heavy atom. The van der Waals surface area contributed by atoms with Crippen molar-refractivity contribution in [1.29, 1.82) is 0 Å². The topological polar surface area (TPSA) is 57.4 Å². The van der Waals surface area contributed by atoms with E-state index in [1.54, 1.807) is 0 Å². The van der Waals surface area contributed by atoms with Gasteiger partial charge in [-0.05, 0) is 65.6 Å². The molecule has 0 amide bonds. The molecule has 1 aliphatic heterocycles. The fraction of sp³-hybridized carbons (Fsp3) is 0.0233. The number of fused-ring (bicyclic) bond motifs is 6. The lowest BCUT2D eigenvalue weighted by Crippen LogP contribution is -1.89. The normalized spacial score (nSPS) is 11.4. The van der Waals surface area contributed by atoms with E-state index in [4.69, 9.17) is 9.97 Å². The smallest absolute Gasteiger partial charge is 0.0737 e. The van der Waals surface area contributed by atoms with Crippen LogP contribution in [-0.2, 0) is 0 Å². The zero-order valence-corrected chi connectivity index (χ0v) is 26.0. The minimum atomic E-state index is 0.905. The van der Waals surface area contributed by atoms with Gasteiger partial charge in [0.05, 0.1) is 11.4 Å². The third-order valence-corrected chi connectivity index (χ3v) is 8.64. The molecule has 0 saturated heterocycles. The monoisotopic (exact) mass is 604 g/mol. The molecule has 2 N–H and O–H groups in total. The first-order valence-corrected chi connectivity index (χ1v) is 15.8. The van der Waals surface area contributed by atoms with E-state index in [0.29, 0.717) is 0 Å². The third kappa shape index (κ3) is 5.47. The number of hydrogen-bond acceptors (Lipinski definition) is 2. The van der Waals surface area contributed by atoms with Crippen molar-refractivity contribution >= 4 is 34.2 Å². The predicted octanol–water partition coefficient (Wildman–Crippen LogP) is 11.1. The van der Waals surface area contributed by atoms with Crippen molar-refractivity contribution in [2.24, 2.45) is 0 Å². The van der Waals surface area contributed by atoms with Crippen molar-refractivity contribution in [2.75, 3.05) is 0 Å². The first-order valence-electron chi connectivity index (χ1n) is 15.8. The summed E-state index contributed by atoms with van der Waals surface area (Å²) < 4.78 is 0. The fourth-order valence-corrected chi connectivity index (χ4v) is 6.43. The summed E-state index contributed by atoms with van der Waals surface area (Å²) in [7, 11) is 0. The molecule has 7 aromatic rings. The molecule has 3 aromatic heterocycles. The van der Waals surface area contributed by atoms with Crippen LogP contribution in [0.4, 0.5) is 0 Å². The Hall–Kier alpha value is -6.26. The van der Waals surface area contributed by atoms with Crippen LogP contribution in [0.3, 0.4) is 0 Å². The molecular weight excluding hydrogens is 573 g/mol. The standard InChI is InChI=1S/C43H32N4/c1-29-41(31-16-8-3-9-17-31)36-24-25-38(46-36)43(33-20-12-5-13-21-33)40-27-26-39(47-40)42(32-18-10-4-11-19-32)37-23-22-35(45-37)34(28-44-29)30-14-6-2-7-15-30/h2-28,45-46H,1H3. The second-order valence-electron chi connectivity index (χ2n) is 11.6. The van der Waals surface area contributed by atoms with Gasteiger partial charge in [-0.15, -0.1) is 0 Å². The highest BCUT2D eigenvalue weighted by Gasteiger charge is 2.16. The summed E-state index contributed by atoms with van der Waals surface area (Å²) >= 11 is 0. The van der Waals surface area contributed by atoms with Gasteiger partial charge >= 0.3 is 0 Å². The van der Waals surface area contributed by atoms with Crippen LogP contribution in [0.1, 0.15) is 17.1 Å². The molecule has 4 heteroatoms. The van der Waals surface area contributed by atoms with E-state index in [2.05, 4.69) is 150 Å². The van der Waals surface area contributed by atoms with Gasteiger partial charge in [-0.1, -0.05) is 121 Å². The fourth-order valence-electron chi connectivity index (χ4n) is 6.43. The minimum Gasteiger partial charge on any atom is -0.354 e. The lowest BCUT2D eigenvalue weighted by atomic mass is 10.0. The number of rotatable bonds is 4. The van der Waals surface area contributed by atoms with Crippen LogP contribution >= 0.6 is 0 Å². The third-order valence-electron chi connectivity index (χ3n) is 8.64. The molecule has 6 bridgehead atoms. The zero-order chi connectivity index (χ0) is 31.6. The van der Waals surface area contributed by atoms with Gasteiger partial charge in [-0.3, -0.25) is 4.98 Å². The van der Waals surface area contributed by atoms with Gasteiger partial charge in [-0.2, -0.15) is 0 Å². The Labute approximate surface area is 273 Å². The van der Waals surface area contributed by atoms with Gasteiger partial charge in [0, 0.05) is 56.2 Å². The van der Waals surface area contributed by atoms with E-state index < -0.39 is 0 Å². The van der Waals surface area contributed by atoms with Crippen molar-refractivity contribution < 1.29 is 0 Å². The van der Waals surface area contributed by atoms with Crippen molar-refractivity contribution in [1.82, 2.24) is 19.9 Å². The van der Waals surface area contributed by atoms with Crippen molar-refractivity contribution in [3.63, 3.8) is 0 Å². The molecule has 4 heterocycles. The number of aryl methyl sites for hydroxylation is 1. The second-order valence-corrected chi connectivity index (χ2v) is 11.6. The Kier molecular flexibility index (Phi) is 7.37. The number of nitrogens with zero attached hydrogens (tertiary/aromatic N) is 2. The predicted molar refractivity (Wildman–Crippen MR) is 196 cm³/mol. The molecule has 4 nitrogen and oxygen atoms in total. The SMILES string of the molecule is Cc1ncc(-c2ccccc2)c2ccc([nH]2)c(-c2ccccc2)c2nc(c(-c3ccccc3)c3ccc([nH]3)c1-c1ccccc1)C=C2. The molecule has 0 spiro atoms. The van der Waals surface area contributed by atoms with Crippen LogP contribution in [-0.4, -0.2) is 19.9 Å². The Balaban J connectivity index is 1.56. The van der Waals surface area contributed by atoms with E-state index in [-0.39, 0.29) is 0 Å². The van der Waals surface area contributed by atoms with Crippen LogP contribution < -0.4 is 0 Å². The van der Waals surface area contributed by atoms with Crippen LogP contribution in [0.15, 0.2) is 152 Å². The maximum absolute atomic E-state index is 5.33. The molecule has 0 saturated carbocycles. The summed E-state index contributed by atoms with van der Waals surface area (Å²) in [6, 6.07) is 50.5. The van der Waals surface area contributed by atoms with E-state index >= 15 is 0 Å². The number of nitrogens with one attached hydrogen (secondary N) is 2. The molecule has 224 valence electrons. The first kappa shape index (κ1) is 28.2. The number of H-pyrrole nitrogens is 2. The quantitative estimate of drug-likeness (QED) is 0.210. The number of hydrogen-bond donors (Lipinski definition) is 2. The highest BCUT2D eigenvalue weighted by atomic mass is 14.8. The van der Waals surface area contributed by atoms with Gasteiger partial charge < -0.3 is 9.97 Å². The van der Waals surface area contributed by atoms with Gasteiger partial charge in [0.2, 0.25) is 0 Å². The first-order chi connectivity index (χ1) is 23.2. The van der Waals surface area contributed by atoms with Gasteiger partial charge in [0.1, 0.15) is 0 Å². The molecule has 0 unspecified atom stereocenters. The molecule has 0 fully saturated rings. The van der Waals surface area contributed by atoms with Crippen molar-refractivity contribution in [3.05, 3.63) is 169 Å².